The average Bonchev–Trinajstić information content (AvgIpc) is 2.77. The lowest BCUT2D eigenvalue weighted by Crippen LogP contribution is -2.51. The summed E-state index contributed by atoms with van der Waals surface area (Å²) < 4.78 is 101. The predicted octanol–water partition coefficient (Wildman–Crippen LogP) is 2.74. The molecule has 0 aliphatic rings. The van der Waals surface area contributed by atoms with Crippen molar-refractivity contribution < 1.29 is 59.6 Å². The van der Waals surface area contributed by atoms with Crippen LogP contribution >= 0.6 is 0 Å². The predicted molar refractivity (Wildman–Crippen MR) is 104 cm³/mol. The molecule has 14 heteroatoms. The molecular formula is C20H25F6NO7. The molecule has 0 unspecified atom stereocenters. The van der Waals surface area contributed by atoms with Crippen molar-refractivity contribution in [2.24, 2.45) is 0 Å². The number of rotatable bonds is 15. The second-order valence-corrected chi connectivity index (χ2v) is 6.52. The maximum absolute atomic E-state index is 12.5. The van der Waals surface area contributed by atoms with Gasteiger partial charge in [0.1, 0.15) is 12.4 Å². The third kappa shape index (κ3) is 11.6. The lowest BCUT2D eigenvalue weighted by molar-refractivity contribution is -0.204. The van der Waals surface area contributed by atoms with Gasteiger partial charge < -0.3 is 23.7 Å². The van der Waals surface area contributed by atoms with E-state index in [1.807, 2.05) is 0 Å². The van der Waals surface area contributed by atoms with Crippen molar-refractivity contribution in [1.29, 1.82) is 0 Å². The number of carbonyl (C=O) groups is 2. The van der Waals surface area contributed by atoms with Crippen LogP contribution in [0.1, 0.15) is 5.56 Å². The number of imide groups is 1. The Morgan fingerprint density at radius 2 is 1.24 bits per heavy atom. The van der Waals surface area contributed by atoms with Gasteiger partial charge in [-0.05, 0) is 17.7 Å². The van der Waals surface area contributed by atoms with Crippen molar-refractivity contribution in [3.63, 3.8) is 0 Å². The molecule has 1 aromatic rings. The van der Waals surface area contributed by atoms with E-state index in [2.05, 4.69) is 0 Å². The molecule has 0 N–H and O–H groups in total. The summed E-state index contributed by atoms with van der Waals surface area (Å²) in [6.07, 6.45) is -11.3. The minimum Gasteiger partial charge on any atom is -0.491 e. The minimum atomic E-state index is -5.64. The maximum Gasteiger partial charge on any atom is 0.471 e. The first-order chi connectivity index (χ1) is 16.0. The van der Waals surface area contributed by atoms with Crippen LogP contribution in [0.2, 0.25) is 0 Å². The van der Waals surface area contributed by atoms with Gasteiger partial charge in [0.15, 0.2) is 0 Å². The third-order valence-corrected chi connectivity index (χ3v) is 3.93. The Labute approximate surface area is 191 Å². The molecule has 34 heavy (non-hydrogen) atoms. The first kappa shape index (κ1) is 29.6. The second kappa shape index (κ2) is 14.8. The van der Waals surface area contributed by atoms with Gasteiger partial charge in [-0.1, -0.05) is 12.1 Å². The van der Waals surface area contributed by atoms with Gasteiger partial charge >= 0.3 is 24.2 Å². The molecule has 0 fully saturated rings. The van der Waals surface area contributed by atoms with E-state index in [4.69, 9.17) is 23.7 Å². The normalized spacial score (nSPS) is 12.0. The van der Waals surface area contributed by atoms with Crippen molar-refractivity contribution in [3.05, 3.63) is 29.8 Å². The number of hydrogen-bond donors (Lipinski definition) is 0. The Balaban J connectivity index is 2.35. The van der Waals surface area contributed by atoms with Crippen LogP contribution in [-0.4, -0.2) is 89.0 Å². The van der Waals surface area contributed by atoms with Crippen molar-refractivity contribution in [2.75, 3.05) is 59.9 Å². The van der Waals surface area contributed by atoms with Crippen molar-refractivity contribution in [1.82, 2.24) is 4.90 Å². The van der Waals surface area contributed by atoms with E-state index in [-0.39, 0.29) is 13.2 Å². The van der Waals surface area contributed by atoms with E-state index in [0.29, 0.717) is 44.3 Å². The number of alkyl halides is 6. The lowest BCUT2D eigenvalue weighted by Gasteiger charge is -2.22. The van der Waals surface area contributed by atoms with Crippen LogP contribution in [0.25, 0.3) is 0 Å². The maximum atomic E-state index is 12.5. The fourth-order valence-electron chi connectivity index (χ4n) is 2.31. The molecule has 0 heterocycles. The van der Waals surface area contributed by atoms with Gasteiger partial charge in [0.05, 0.1) is 52.8 Å². The van der Waals surface area contributed by atoms with E-state index in [9.17, 15) is 35.9 Å². The van der Waals surface area contributed by atoms with Gasteiger partial charge in [0.2, 0.25) is 0 Å². The van der Waals surface area contributed by atoms with Gasteiger partial charge in [-0.25, -0.2) is 0 Å². The molecule has 1 aromatic carbocycles. The molecule has 1 rings (SSSR count). The summed E-state index contributed by atoms with van der Waals surface area (Å²) in [5.41, 5.74) is 0.535. The fraction of sp³-hybridized carbons (Fsp3) is 0.600. The SMILES string of the molecule is COCCOCCOCCOc1ccc(COCCN(C(=O)C(F)(F)F)C(=O)C(F)(F)F)cc1. The van der Waals surface area contributed by atoms with Gasteiger partial charge in [-0.15, -0.1) is 0 Å². The summed E-state index contributed by atoms with van der Waals surface area (Å²) in [4.78, 5) is 21.4. The number of carbonyl (C=O) groups excluding carboxylic acids is 2. The van der Waals surface area contributed by atoms with Crippen molar-refractivity contribution in [2.45, 2.75) is 19.0 Å². The lowest BCUT2D eigenvalue weighted by atomic mass is 10.2. The van der Waals surface area contributed by atoms with Crippen LogP contribution in [0, 0.1) is 0 Å². The van der Waals surface area contributed by atoms with Crippen LogP contribution in [0.3, 0.4) is 0 Å². The molecule has 2 amide bonds. The zero-order valence-electron chi connectivity index (χ0n) is 18.2. The third-order valence-electron chi connectivity index (χ3n) is 3.93. The first-order valence-electron chi connectivity index (χ1n) is 9.90. The van der Waals surface area contributed by atoms with E-state index >= 15 is 0 Å². The molecule has 0 spiro atoms. The topological polar surface area (TPSA) is 83.5 Å². The Morgan fingerprint density at radius 1 is 0.735 bits per heavy atom. The van der Waals surface area contributed by atoms with Crippen LogP contribution in [0.15, 0.2) is 24.3 Å². The number of nitrogens with zero attached hydrogens (tertiary/aromatic N) is 1. The van der Waals surface area contributed by atoms with Gasteiger partial charge in [0.25, 0.3) is 0 Å². The molecule has 0 radical (unpaired) electrons. The highest BCUT2D eigenvalue weighted by Crippen LogP contribution is 2.24. The van der Waals surface area contributed by atoms with E-state index in [0.717, 1.165) is 0 Å². The molecule has 0 aliphatic heterocycles. The summed E-state index contributed by atoms with van der Waals surface area (Å²) in [5, 5.41) is 0. The summed E-state index contributed by atoms with van der Waals surface area (Å²) in [6.45, 7) is 0.255. The first-order valence-corrected chi connectivity index (χ1v) is 9.90. The highest BCUT2D eigenvalue weighted by Gasteiger charge is 2.51. The summed E-state index contributed by atoms with van der Waals surface area (Å²) >= 11 is 0. The number of halogens is 6. The van der Waals surface area contributed by atoms with E-state index in [1.165, 1.54) is 0 Å². The van der Waals surface area contributed by atoms with E-state index in [1.54, 1.807) is 31.4 Å². The fourth-order valence-corrected chi connectivity index (χ4v) is 2.31. The minimum absolute atomic E-state index is 0.180. The zero-order valence-corrected chi connectivity index (χ0v) is 18.2. The molecule has 0 aromatic heterocycles. The Hall–Kier alpha value is -2.42. The average molecular weight is 505 g/mol. The van der Waals surface area contributed by atoms with Crippen molar-refractivity contribution >= 4 is 11.8 Å². The van der Waals surface area contributed by atoms with Gasteiger partial charge in [-0.3, -0.25) is 14.5 Å². The monoisotopic (exact) mass is 505 g/mol. The summed E-state index contributed by atoms with van der Waals surface area (Å²) in [6, 6.07) is 6.30. The molecule has 8 nitrogen and oxygen atoms in total. The summed E-state index contributed by atoms with van der Waals surface area (Å²) in [5.74, 6) is -5.33. The molecular weight excluding hydrogens is 480 g/mol. The standard InChI is InChI=1S/C20H25F6NO7/c1-30-8-9-31-10-11-32-12-13-34-16-4-2-15(3-5-16)14-33-7-6-27(17(28)19(21,22)23)18(29)20(24,25)26/h2-5H,6-14H2,1H3. The van der Waals surface area contributed by atoms with Crippen LogP contribution < -0.4 is 4.74 Å². The number of amides is 2. The number of benzene rings is 1. The Morgan fingerprint density at radius 3 is 1.74 bits per heavy atom. The zero-order chi connectivity index (χ0) is 25.6. The number of ether oxygens (including phenoxy) is 5. The highest BCUT2D eigenvalue weighted by molar-refractivity contribution is 6.00. The highest BCUT2D eigenvalue weighted by atomic mass is 19.4. The molecule has 0 atom stereocenters. The largest absolute Gasteiger partial charge is 0.491 e. The number of hydrogen-bond acceptors (Lipinski definition) is 7. The molecule has 194 valence electrons. The summed E-state index contributed by atoms with van der Waals surface area (Å²) in [7, 11) is 1.57. The molecule has 0 saturated carbocycles. The molecule has 0 bridgehead atoms. The Kier molecular flexibility index (Phi) is 12.9. The van der Waals surface area contributed by atoms with Gasteiger partial charge in [0, 0.05) is 7.11 Å². The van der Waals surface area contributed by atoms with Crippen LogP contribution in [-0.2, 0) is 35.1 Å². The smallest absolute Gasteiger partial charge is 0.471 e. The Bertz CT molecular complexity index is 714. The quantitative estimate of drug-likeness (QED) is 0.268. The molecule has 0 aliphatic carbocycles. The van der Waals surface area contributed by atoms with Crippen LogP contribution in [0.4, 0.5) is 26.3 Å². The van der Waals surface area contributed by atoms with Crippen LogP contribution in [0.5, 0.6) is 5.75 Å². The van der Waals surface area contributed by atoms with Gasteiger partial charge in [-0.2, -0.15) is 26.3 Å². The molecule has 0 saturated heterocycles. The second-order valence-electron chi connectivity index (χ2n) is 6.52. The van der Waals surface area contributed by atoms with E-state index < -0.39 is 42.2 Å². The number of methoxy groups -OCH3 is 1. The van der Waals surface area contributed by atoms with Crippen molar-refractivity contribution in [3.8, 4) is 5.75 Å².